The zero-order chi connectivity index (χ0) is 14.5. The van der Waals surface area contributed by atoms with E-state index in [2.05, 4.69) is 10.3 Å². The van der Waals surface area contributed by atoms with Crippen LogP contribution in [0.25, 0.3) is 0 Å². The van der Waals surface area contributed by atoms with Crippen molar-refractivity contribution in [3.63, 3.8) is 0 Å². The number of aromatic nitrogens is 1. The molecule has 2 aromatic rings. The van der Waals surface area contributed by atoms with E-state index in [0.29, 0.717) is 0 Å². The second kappa shape index (κ2) is 6.30. The Morgan fingerprint density at radius 2 is 1.90 bits per heavy atom. The average molecular weight is 269 g/mol. The normalized spacial score (nSPS) is 12.2. The number of carbonyl (C=O) groups is 1. The van der Waals surface area contributed by atoms with Gasteiger partial charge in [-0.2, -0.15) is 0 Å². The van der Waals surface area contributed by atoms with E-state index in [4.69, 9.17) is 0 Å². The number of carbonyl (C=O) groups excluding carboxylic acids is 1. The van der Waals surface area contributed by atoms with Crippen molar-refractivity contribution in [2.45, 2.75) is 13.0 Å². The molecule has 0 aliphatic heterocycles. The van der Waals surface area contributed by atoms with Gasteiger partial charge in [-0.05, 0) is 44.8 Å². The number of hydrogen-bond donors (Lipinski definition) is 1. The highest BCUT2D eigenvalue weighted by Crippen LogP contribution is 2.19. The number of aryl methyl sites for hydroxylation is 1. The topological polar surface area (TPSA) is 45.2 Å². The Balaban J connectivity index is 2.18. The molecule has 0 saturated carbocycles. The molecule has 4 heteroatoms. The summed E-state index contributed by atoms with van der Waals surface area (Å²) in [5.74, 6) is -0.0631. The fourth-order valence-corrected chi connectivity index (χ4v) is 2.07. The Labute approximate surface area is 119 Å². The minimum Gasteiger partial charge on any atom is -0.324 e. The van der Waals surface area contributed by atoms with Crippen molar-refractivity contribution >= 4 is 11.6 Å². The van der Waals surface area contributed by atoms with Crippen LogP contribution in [0.1, 0.15) is 17.2 Å². The van der Waals surface area contributed by atoms with Gasteiger partial charge in [0.1, 0.15) is 6.04 Å². The van der Waals surface area contributed by atoms with Crippen molar-refractivity contribution in [3.8, 4) is 0 Å². The molecule has 1 N–H and O–H groups in total. The van der Waals surface area contributed by atoms with E-state index in [-0.39, 0.29) is 11.9 Å². The summed E-state index contributed by atoms with van der Waals surface area (Å²) >= 11 is 0. The number of rotatable bonds is 4. The van der Waals surface area contributed by atoms with Crippen LogP contribution in [0.5, 0.6) is 0 Å². The number of hydrogen-bond acceptors (Lipinski definition) is 3. The summed E-state index contributed by atoms with van der Waals surface area (Å²) < 4.78 is 0. The van der Waals surface area contributed by atoms with Crippen LogP contribution in [-0.4, -0.2) is 29.9 Å². The standard InChI is InChI=1S/C16H19N3O/c1-12-6-8-14(9-7-12)18-16(20)15(19(2)3)13-5-4-10-17-11-13/h4-11,15H,1-3H3,(H,18,20). The van der Waals surface area contributed by atoms with Gasteiger partial charge < -0.3 is 5.32 Å². The first-order chi connectivity index (χ1) is 9.58. The number of likely N-dealkylation sites (N-methyl/N-ethyl adjacent to an activating group) is 1. The van der Waals surface area contributed by atoms with E-state index in [9.17, 15) is 4.79 Å². The van der Waals surface area contributed by atoms with Crippen molar-refractivity contribution in [2.75, 3.05) is 19.4 Å². The first-order valence-corrected chi connectivity index (χ1v) is 6.52. The van der Waals surface area contributed by atoms with Gasteiger partial charge in [0.25, 0.3) is 0 Å². The van der Waals surface area contributed by atoms with Crippen LogP contribution < -0.4 is 5.32 Å². The molecule has 2 rings (SSSR count). The maximum absolute atomic E-state index is 12.5. The SMILES string of the molecule is Cc1ccc(NC(=O)C(c2cccnc2)N(C)C)cc1. The molecule has 4 nitrogen and oxygen atoms in total. The van der Waals surface area contributed by atoms with Crippen LogP contribution in [0.4, 0.5) is 5.69 Å². The Kier molecular flexibility index (Phi) is 4.48. The Morgan fingerprint density at radius 3 is 2.45 bits per heavy atom. The number of nitrogens with one attached hydrogen (secondary N) is 1. The predicted octanol–water partition coefficient (Wildman–Crippen LogP) is 2.63. The minimum atomic E-state index is -0.356. The van der Waals surface area contributed by atoms with E-state index in [0.717, 1.165) is 11.3 Å². The lowest BCUT2D eigenvalue weighted by molar-refractivity contribution is -0.120. The monoisotopic (exact) mass is 269 g/mol. The zero-order valence-corrected chi connectivity index (χ0v) is 12.0. The second-order valence-electron chi connectivity index (χ2n) is 5.01. The first kappa shape index (κ1) is 14.2. The second-order valence-corrected chi connectivity index (χ2v) is 5.01. The molecule has 1 unspecified atom stereocenters. The van der Waals surface area contributed by atoms with Crippen molar-refractivity contribution < 1.29 is 4.79 Å². The van der Waals surface area contributed by atoms with Gasteiger partial charge in [0, 0.05) is 18.1 Å². The molecule has 1 aromatic carbocycles. The number of nitrogens with zero attached hydrogens (tertiary/aromatic N) is 2. The van der Waals surface area contributed by atoms with Crippen LogP contribution in [0.3, 0.4) is 0 Å². The highest BCUT2D eigenvalue weighted by atomic mass is 16.2. The van der Waals surface area contributed by atoms with Crippen LogP contribution in [-0.2, 0) is 4.79 Å². The third-order valence-electron chi connectivity index (χ3n) is 3.08. The first-order valence-electron chi connectivity index (χ1n) is 6.52. The smallest absolute Gasteiger partial charge is 0.246 e. The van der Waals surface area contributed by atoms with Crippen LogP contribution in [0.15, 0.2) is 48.8 Å². The molecule has 0 radical (unpaired) electrons. The van der Waals surface area contributed by atoms with Gasteiger partial charge in [-0.3, -0.25) is 14.7 Å². The lowest BCUT2D eigenvalue weighted by atomic mass is 10.1. The summed E-state index contributed by atoms with van der Waals surface area (Å²) in [6.07, 6.45) is 3.42. The number of amides is 1. The Bertz CT molecular complexity index is 564. The van der Waals surface area contributed by atoms with Crippen molar-refractivity contribution in [1.29, 1.82) is 0 Å². The van der Waals surface area contributed by atoms with Gasteiger partial charge in [-0.15, -0.1) is 0 Å². The number of benzene rings is 1. The van der Waals surface area contributed by atoms with Crippen molar-refractivity contribution in [2.24, 2.45) is 0 Å². The van der Waals surface area contributed by atoms with E-state index >= 15 is 0 Å². The molecular formula is C16H19N3O. The summed E-state index contributed by atoms with van der Waals surface area (Å²) in [4.78, 5) is 18.4. The molecule has 1 heterocycles. The maximum Gasteiger partial charge on any atom is 0.246 e. The lowest BCUT2D eigenvalue weighted by Gasteiger charge is -2.23. The van der Waals surface area contributed by atoms with Crippen molar-refractivity contribution in [3.05, 3.63) is 59.9 Å². The van der Waals surface area contributed by atoms with Gasteiger partial charge in [0.05, 0.1) is 0 Å². The molecule has 1 atom stereocenters. The summed E-state index contributed by atoms with van der Waals surface area (Å²) in [6, 6.07) is 11.2. The molecule has 0 fully saturated rings. The van der Waals surface area contributed by atoms with Gasteiger partial charge in [0.15, 0.2) is 0 Å². The highest BCUT2D eigenvalue weighted by Gasteiger charge is 2.23. The Morgan fingerprint density at radius 1 is 1.20 bits per heavy atom. The summed E-state index contributed by atoms with van der Waals surface area (Å²) in [7, 11) is 3.76. The van der Waals surface area contributed by atoms with Crippen LogP contribution in [0.2, 0.25) is 0 Å². The lowest BCUT2D eigenvalue weighted by Crippen LogP contribution is -2.32. The van der Waals surface area contributed by atoms with Crippen molar-refractivity contribution in [1.82, 2.24) is 9.88 Å². The molecule has 0 bridgehead atoms. The predicted molar refractivity (Wildman–Crippen MR) is 80.5 cm³/mol. The van der Waals surface area contributed by atoms with E-state index in [1.807, 2.05) is 62.3 Å². The van der Waals surface area contributed by atoms with Gasteiger partial charge >= 0.3 is 0 Å². The van der Waals surface area contributed by atoms with Gasteiger partial charge in [-0.1, -0.05) is 23.8 Å². The molecule has 1 aromatic heterocycles. The minimum absolute atomic E-state index is 0.0631. The van der Waals surface area contributed by atoms with Gasteiger partial charge in [-0.25, -0.2) is 0 Å². The quantitative estimate of drug-likeness (QED) is 0.928. The van der Waals surface area contributed by atoms with E-state index in [1.54, 1.807) is 12.4 Å². The third kappa shape index (κ3) is 3.42. The molecular weight excluding hydrogens is 250 g/mol. The molecule has 0 spiro atoms. The Hall–Kier alpha value is -2.20. The largest absolute Gasteiger partial charge is 0.324 e. The summed E-state index contributed by atoms with van der Waals surface area (Å²) in [5.41, 5.74) is 2.85. The fraction of sp³-hybridized carbons (Fsp3) is 0.250. The van der Waals surface area contributed by atoms with Crippen LogP contribution in [0, 0.1) is 6.92 Å². The molecule has 1 amide bonds. The molecule has 0 aliphatic rings. The molecule has 0 saturated heterocycles. The maximum atomic E-state index is 12.5. The third-order valence-corrected chi connectivity index (χ3v) is 3.08. The molecule has 20 heavy (non-hydrogen) atoms. The molecule has 104 valence electrons. The van der Waals surface area contributed by atoms with Crippen LogP contribution >= 0.6 is 0 Å². The molecule has 0 aliphatic carbocycles. The number of pyridine rings is 1. The van der Waals surface area contributed by atoms with E-state index in [1.165, 1.54) is 5.56 Å². The summed E-state index contributed by atoms with van der Waals surface area (Å²) in [5, 5.41) is 2.94. The highest BCUT2D eigenvalue weighted by molar-refractivity contribution is 5.95. The van der Waals surface area contributed by atoms with E-state index < -0.39 is 0 Å². The average Bonchev–Trinajstić information content (AvgIpc) is 2.42. The summed E-state index contributed by atoms with van der Waals surface area (Å²) in [6.45, 7) is 2.02. The zero-order valence-electron chi connectivity index (χ0n) is 12.0. The fourth-order valence-electron chi connectivity index (χ4n) is 2.07. The van der Waals surface area contributed by atoms with Gasteiger partial charge in [0.2, 0.25) is 5.91 Å². The number of anilines is 1.